The number of hydrogen-bond donors (Lipinski definition) is 5. The predicted molar refractivity (Wildman–Crippen MR) is 150 cm³/mol. The van der Waals surface area contributed by atoms with Crippen molar-refractivity contribution in [1.82, 2.24) is 5.32 Å². The summed E-state index contributed by atoms with van der Waals surface area (Å²) in [5.74, 6) is -0.226. The molecule has 4 aromatic rings. The summed E-state index contributed by atoms with van der Waals surface area (Å²) in [5, 5.41) is 40.8. The zero-order valence-electron chi connectivity index (χ0n) is 22.5. The third kappa shape index (κ3) is 9.46. The Morgan fingerprint density at radius 3 is 1.85 bits per heavy atom. The molecule has 2 aromatic carbocycles. The number of hydrogen-bond acceptors (Lipinski definition) is 5. The van der Waals surface area contributed by atoms with Gasteiger partial charge in [-0.3, -0.25) is 4.79 Å². The molecule has 0 aliphatic carbocycles. The van der Waals surface area contributed by atoms with Crippen LogP contribution in [0.4, 0.5) is 0 Å². The summed E-state index contributed by atoms with van der Waals surface area (Å²) < 4.78 is 4.02. The lowest BCUT2D eigenvalue weighted by Crippen LogP contribution is -3.00. The fourth-order valence-corrected chi connectivity index (χ4v) is 4.25. The van der Waals surface area contributed by atoms with Crippen LogP contribution in [0.25, 0.3) is 11.1 Å². The molecule has 2 heterocycles. The van der Waals surface area contributed by atoms with Crippen molar-refractivity contribution < 1.29 is 68.0 Å². The van der Waals surface area contributed by atoms with E-state index >= 15 is 0 Å². The average Bonchev–Trinajstić information content (AvgIpc) is 2.93. The first kappa shape index (κ1) is 34.1. The number of carbonyl (C=O) groups excluding carboxylic acids is 1. The van der Waals surface area contributed by atoms with Crippen LogP contribution in [-0.4, -0.2) is 40.2 Å². The normalized spacial score (nSPS) is 10.2. The number of pyridine rings is 2. The predicted octanol–water partition coefficient (Wildman–Crippen LogP) is -6.41. The van der Waals surface area contributed by atoms with Gasteiger partial charge >= 0.3 is 14.2 Å². The van der Waals surface area contributed by atoms with Crippen LogP contribution >= 0.6 is 0 Å². The Hall–Kier alpha value is -3.12. The molecule has 0 unspecified atom stereocenters. The van der Waals surface area contributed by atoms with Crippen molar-refractivity contribution in [3.63, 3.8) is 0 Å². The van der Waals surface area contributed by atoms with Gasteiger partial charge in [0.05, 0.1) is 0 Å². The molecule has 2 aromatic heterocycles. The van der Waals surface area contributed by atoms with E-state index in [1.54, 1.807) is 43.3 Å². The van der Waals surface area contributed by atoms with Gasteiger partial charge in [-0.05, 0) is 29.0 Å². The van der Waals surface area contributed by atoms with Gasteiger partial charge in [0.1, 0.15) is 6.54 Å². The Morgan fingerprint density at radius 1 is 0.780 bits per heavy atom. The van der Waals surface area contributed by atoms with E-state index in [9.17, 15) is 24.9 Å². The average molecular weight is 683 g/mol. The molecular formula is C29H31B2Br2N3O5. The number of benzene rings is 2. The maximum Gasteiger partial charge on any atom is 0.488 e. The van der Waals surface area contributed by atoms with Gasteiger partial charge in [-0.2, -0.15) is 4.57 Å². The molecule has 41 heavy (non-hydrogen) atoms. The van der Waals surface area contributed by atoms with Gasteiger partial charge in [-0.15, -0.1) is 0 Å². The second-order valence-electron chi connectivity index (χ2n) is 9.49. The Bertz CT molecular complexity index is 1490. The molecule has 0 bridgehead atoms. The highest BCUT2D eigenvalue weighted by atomic mass is 79.9. The van der Waals surface area contributed by atoms with Gasteiger partial charge in [0, 0.05) is 41.0 Å². The van der Waals surface area contributed by atoms with Crippen LogP contribution in [0.2, 0.25) is 0 Å². The van der Waals surface area contributed by atoms with Crippen LogP contribution in [0.15, 0.2) is 104 Å². The summed E-state index contributed by atoms with van der Waals surface area (Å²) in [6.45, 7) is 6.72. The number of nitrogens with one attached hydrogen (secondary N) is 1. The van der Waals surface area contributed by atoms with Crippen molar-refractivity contribution in [2.45, 2.75) is 26.6 Å². The maximum absolute atomic E-state index is 12.2. The first-order valence-corrected chi connectivity index (χ1v) is 12.5. The lowest BCUT2D eigenvalue weighted by Gasteiger charge is -2.10. The lowest BCUT2D eigenvalue weighted by atomic mass is 9.79. The summed E-state index contributed by atoms with van der Waals surface area (Å²) in [4.78, 5) is 12.2. The van der Waals surface area contributed by atoms with Crippen LogP contribution in [0.1, 0.15) is 23.7 Å². The topological polar surface area (TPSA) is 118 Å². The van der Waals surface area contributed by atoms with E-state index < -0.39 is 14.2 Å². The Balaban J connectivity index is 0.00000294. The monoisotopic (exact) mass is 681 g/mol. The highest BCUT2D eigenvalue weighted by Gasteiger charge is 2.18. The highest BCUT2D eigenvalue weighted by Crippen LogP contribution is 2.18. The van der Waals surface area contributed by atoms with Crippen molar-refractivity contribution in [2.75, 3.05) is 0 Å². The molecule has 8 nitrogen and oxygen atoms in total. The van der Waals surface area contributed by atoms with Gasteiger partial charge in [0.15, 0.2) is 31.7 Å². The van der Waals surface area contributed by atoms with E-state index in [1.165, 1.54) is 0 Å². The van der Waals surface area contributed by atoms with E-state index in [2.05, 4.69) is 11.9 Å². The van der Waals surface area contributed by atoms with Crippen LogP contribution in [0, 0.1) is 0 Å². The first-order valence-electron chi connectivity index (χ1n) is 12.5. The SMILES string of the molecule is C=C(C)C(=O)NCc1cc(-c2cc[n+](Cc3cccc(B(O)O)c3)cc2)cc[n+]1Cc1cccc(B(O)O)c1.[Br-].[Br-]. The second-order valence-corrected chi connectivity index (χ2v) is 9.49. The minimum absolute atomic E-state index is 0. The number of rotatable bonds is 10. The van der Waals surface area contributed by atoms with E-state index in [-0.39, 0.29) is 39.9 Å². The second kappa shape index (κ2) is 15.8. The van der Waals surface area contributed by atoms with E-state index in [0.29, 0.717) is 36.1 Å². The molecule has 12 heteroatoms. The molecule has 5 N–H and O–H groups in total. The number of carbonyl (C=O) groups is 1. The minimum Gasteiger partial charge on any atom is -1.00 e. The first-order chi connectivity index (χ1) is 18.7. The minimum atomic E-state index is -1.54. The Morgan fingerprint density at radius 2 is 1.32 bits per heavy atom. The van der Waals surface area contributed by atoms with Crippen LogP contribution < -0.4 is 59.3 Å². The third-order valence-electron chi connectivity index (χ3n) is 6.38. The van der Waals surface area contributed by atoms with Gasteiger partial charge in [0.2, 0.25) is 11.6 Å². The molecule has 0 atom stereocenters. The van der Waals surface area contributed by atoms with Crippen molar-refractivity contribution >= 4 is 31.1 Å². The Labute approximate surface area is 261 Å². The van der Waals surface area contributed by atoms with E-state index in [0.717, 1.165) is 27.9 Å². The smallest absolute Gasteiger partial charge is 0.488 e. The van der Waals surface area contributed by atoms with Gasteiger partial charge < -0.3 is 59.4 Å². The fourth-order valence-electron chi connectivity index (χ4n) is 4.25. The van der Waals surface area contributed by atoms with E-state index in [1.807, 2.05) is 64.1 Å². The van der Waals surface area contributed by atoms with Crippen molar-refractivity contribution in [3.8, 4) is 11.1 Å². The fraction of sp³-hybridized carbons (Fsp3) is 0.138. The Kier molecular flexibility index (Phi) is 13.1. The molecule has 0 saturated heterocycles. The van der Waals surface area contributed by atoms with Crippen LogP contribution in [0.3, 0.4) is 0 Å². The third-order valence-corrected chi connectivity index (χ3v) is 6.38. The number of nitrogens with zero attached hydrogens (tertiary/aromatic N) is 2. The molecule has 0 saturated carbocycles. The summed E-state index contributed by atoms with van der Waals surface area (Å²) in [5.41, 5.74) is 5.98. The quantitative estimate of drug-likeness (QED) is 0.0649. The molecule has 0 radical (unpaired) electrons. The van der Waals surface area contributed by atoms with Crippen LogP contribution in [-0.2, 0) is 24.4 Å². The molecule has 0 aliphatic heterocycles. The van der Waals surface area contributed by atoms with E-state index in [4.69, 9.17) is 0 Å². The number of aromatic nitrogens is 2. The number of amides is 1. The maximum atomic E-state index is 12.2. The van der Waals surface area contributed by atoms with Crippen molar-refractivity contribution in [2.24, 2.45) is 0 Å². The molecule has 212 valence electrons. The molecule has 4 rings (SSSR count). The standard InChI is InChI=1S/C29H30B2N3O5.2BrH/c1-21(2)29(35)32-18-28-17-25(11-14-34(28)20-23-6-4-8-27(16-23)31(38)39)24-9-12-33(13-10-24)19-22-5-3-7-26(15-22)30(36)37;;/h3-17,36-39H,1,18-20H2,2H3;2*1H/q+1;;/p-1. The van der Waals surface area contributed by atoms with Crippen molar-refractivity contribution in [1.29, 1.82) is 0 Å². The largest absolute Gasteiger partial charge is 1.00 e. The van der Waals surface area contributed by atoms with Gasteiger partial charge in [0.25, 0.3) is 0 Å². The molecule has 0 fully saturated rings. The van der Waals surface area contributed by atoms with Crippen LogP contribution in [0.5, 0.6) is 0 Å². The van der Waals surface area contributed by atoms with Gasteiger partial charge in [-0.25, -0.2) is 4.57 Å². The molecule has 0 aliphatic rings. The van der Waals surface area contributed by atoms with Gasteiger partial charge in [-0.1, -0.05) is 55.1 Å². The zero-order valence-corrected chi connectivity index (χ0v) is 25.7. The zero-order chi connectivity index (χ0) is 27.9. The lowest BCUT2D eigenvalue weighted by molar-refractivity contribution is -0.695. The summed E-state index contributed by atoms with van der Waals surface area (Å²) in [6, 6.07) is 22.3. The summed E-state index contributed by atoms with van der Waals surface area (Å²) >= 11 is 0. The summed E-state index contributed by atoms with van der Waals surface area (Å²) in [6.07, 6.45) is 5.88. The highest BCUT2D eigenvalue weighted by molar-refractivity contribution is 6.58. The van der Waals surface area contributed by atoms with Crippen molar-refractivity contribution in [3.05, 3.63) is 120 Å². The molecule has 0 spiro atoms. The number of halogens is 2. The molecule has 1 amide bonds. The summed E-state index contributed by atoms with van der Waals surface area (Å²) in [7, 11) is -3.05. The molecular weight excluding hydrogens is 652 g/mol.